The van der Waals surface area contributed by atoms with E-state index in [0.717, 1.165) is 5.75 Å². The molecule has 0 aromatic heterocycles. The van der Waals surface area contributed by atoms with Gasteiger partial charge in [-0.25, -0.2) is 0 Å². The lowest BCUT2D eigenvalue weighted by atomic mass is 9.98. The third kappa shape index (κ3) is 3.32. The van der Waals surface area contributed by atoms with Crippen molar-refractivity contribution >= 4 is 11.8 Å². The van der Waals surface area contributed by atoms with Gasteiger partial charge in [-0.05, 0) is 49.4 Å². The van der Waals surface area contributed by atoms with Crippen molar-refractivity contribution in [3.05, 3.63) is 29.8 Å². The van der Waals surface area contributed by atoms with Crippen LogP contribution in [0.15, 0.2) is 29.2 Å². The molecule has 1 saturated carbocycles. The van der Waals surface area contributed by atoms with Crippen LogP contribution in [-0.4, -0.2) is 18.3 Å². The molecule has 3 heteroatoms. The average Bonchev–Trinajstić information content (AvgIpc) is 3.26. The van der Waals surface area contributed by atoms with Gasteiger partial charge < -0.3 is 5.32 Å². The monoisotopic (exact) mass is 274 g/mol. The fourth-order valence-electron chi connectivity index (χ4n) is 2.30. The first-order valence-electron chi connectivity index (χ1n) is 6.94. The quantitative estimate of drug-likeness (QED) is 0.802. The van der Waals surface area contributed by atoms with Gasteiger partial charge in [0, 0.05) is 10.6 Å². The molecule has 1 atom stereocenters. The summed E-state index contributed by atoms with van der Waals surface area (Å²) in [7, 11) is 1.91. The van der Waals surface area contributed by atoms with Gasteiger partial charge in [-0.15, -0.1) is 11.8 Å². The molecular weight excluding hydrogens is 252 g/mol. The first-order valence-corrected chi connectivity index (χ1v) is 7.93. The maximum absolute atomic E-state index is 9.46. The molecule has 1 aliphatic rings. The van der Waals surface area contributed by atoms with Crippen LogP contribution < -0.4 is 5.32 Å². The molecular formula is C16H22N2S. The number of hydrogen-bond donors (Lipinski definition) is 1. The Morgan fingerprint density at radius 3 is 2.42 bits per heavy atom. The van der Waals surface area contributed by atoms with E-state index in [2.05, 4.69) is 49.5 Å². The zero-order valence-electron chi connectivity index (χ0n) is 11.9. The predicted molar refractivity (Wildman–Crippen MR) is 81.4 cm³/mol. The van der Waals surface area contributed by atoms with Crippen molar-refractivity contribution in [1.82, 2.24) is 5.32 Å². The second-order valence-electron chi connectivity index (χ2n) is 5.62. The molecule has 0 spiro atoms. The highest BCUT2D eigenvalue weighted by Crippen LogP contribution is 2.41. The summed E-state index contributed by atoms with van der Waals surface area (Å²) in [6.45, 7) is 4.41. The second kappa shape index (κ2) is 5.98. The van der Waals surface area contributed by atoms with E-state index in [0.29, 0.717) is 11.8 Å². The molecule has 0 saturated heterocycles. The topological polar surface area (TPSA) is 35.8 Å². The van der Waals surface area contributed by atoms with Crippen LogP contribution in [0.5, 0.6) is 0 Å². The number of hydrogen-bond acceptors (Lipinski definition) is 3. The first kappa shape index (κ1) is 14.4. The number of nitrogens with zero attached hydrogens (tertiary/aromatic N) is 1. The van der Waals surface area contributed by atoms with E-state index in [1.54, 1.807) is 11.8 Å². The molecule has 0 heterocycles. The van der Waals surface area contributed by atoms with Crippen LogP contribution in [0.4, 0.5) is 0 Å². The van der Waals surface area contributed by atoms with Crippen molar-refractivity contribution in [3.8, 4) is 6.07 Å². The zero-order valence-corrected chi connectivity index (χ0v) is 12.8. The first-order chi connectivity index (χ1) is 9.11. The van der Waals surface area contributed by atoms with Gasteiger partial charge in [-0.2, -0.15) is 5.26 Å². The summed E-state index contributed by atoms with van der Waals surface area (Å²) in [6, 6.07) is 11.2. The summed E-state index contributed by atoms with van der Waals surface area (Å²) < 4.78 is 0. The Balaban J connectivity index is 1.99. The molecule has 102 valence electrons. The fourth-order valence-corrected chi connectivity index (χ4v) is 3.46. The van der Waals surface area contributed by atoms with E-state index in [4.69, 9.17) is 0 Å². The summed E-state index contributed by atoms with van der Waals surface area (Å²) in [5, 5.41) is 12.7. The van der Waals surface area contributed by atoms with Gasteiger partial charge in [0.25, 0.3) is 0 Å². The lowest BCUT2D eigenvalue weighted by molar-refractivity contribution is 0.441. The number of rotatable bonds is 6. The van der Waals surface area contributed by atoms with Crippen LogP contribution in [0.2, 0.25) is 0 Å². The minimum Gasteiger partial charge on any atom is -0.302 e. The highest BCUT2D eigenvalue weighted by Gasteiger charge is 2.44. The predicted octanol–water partition coefficient (Wildman–Crippen LogP) is 3.79. The normalized spacial score (nSPS) is 18.1. The van der Waals surface area contributed by atoms with Crippen LogP contribution in [0.3, 0.4) is 0 Å². The van der Waals surface area contributed by atoms with Crippen molar-refractivity contribution in [2.45, 2.75) is 43.0 Å². The van der Waals surface area contributed by atoms with Gasteiger partial charge in [0.2, 0.25) is 0 Å². The SMILES string of the molecule is CNC(C#N)(CSc1ccc(C(C)C)cc1)C1CC1. The van der Waals surface area contributed by atoms with Gasteiger partial charge in [0.1, 0.15) is 5.54 Å². The molecule has 1 aromatic carbocycles. The Labute approximate surface area is 120 Å². The molecule has 1 unspecified atom stereocenters. The summed E-state index contributed by atoms with van der Waals surface area (Å²) >= 11 is 1.78. The van der Waals surface area contributed by atoms with Crippen molar-refractivity contribution in [3.63, 3.8) is 0 Å². The van der Waals surface area contributed by atoms with Gasteiger partial charge in [0.05, 0.1) is 6.07 Å². The van der Waals surface area contributed by atoms with Gasteiger partial charge >= 0.3 is 0 Å². The third-order valence-corrected chi connectivity index (χ3v) is 5.14. The van der Waals surface area contributed by atoms with E-state index in [1.807, 2.05) is 7.05 Å². The van der Waals surface area contributed by atoms with E-state index in [9.17, 15) is 5.26 Å². The lowest BCUT2D eigenvalue weighted by Gasteiger charge is -2.25. The molecule has 0 bridgehead atoms. The Kier molecular flexibility index (Phi) is 4.54. The third-order valence-electron chi connectivity index (χ3n) is 3.93. The molecule has 2 nitrogen and oxygen atoms in total. The van der Waals surface area contributed by atoms with E-state index in [1.165, 1.54) is 23.3 Å². The van der Waals surface area contributed by atoms with Crippen molar-refractivity contribution in [1.29, 1.82) is 5.26 Å². The summed E-state index contributed by atoms with van der Waals surface area (Å²) in [5.74, 6) is 1.93. The van der Waals surface area contributed by atoms with Crippen LogP contribution in [0.25, 0.3) is 0 Å². The van der Waals surface area contributed by atoms with Crippen LogP contribution >= 0.6 is 11.8 Å². The highest BCUT2D eigenvalue weighted by atomic mass is 32.2. The number of nitriles is 1. The molecule has 0 radical (unpaired) electrons. The maximum atomic E-state index is 9.46. The summed E-state index contributed by atoms with van der Waals surface area (Å²) in [5.41, 5.74) is 1.02. The summed E-state index contributed by atoms with van der Waals surface area (Å²) in [4.78, 5) is 1.25. The van der Waals surface area contributed by atoms with Gasteiger partial charge in [-0.1, -0.05) is 26.0 Å². The smallest absolute Gasteiger partial charge is 0.118 e. The van der Waals surface area contributed by atoms with E-state index >= 15 is 0 Å². The highest BCUT2D eigenvalue weighted by molar-refractivity contribution is 7.99. The number of nitrogens with one attached hydrogen (secondary N) is 1. The minimum absolute atomic E-state index is 0.346. The maximum Gasteiger partial charge on any atom is 0.118 e. The fraction of sp³-hybridized carbons (Fsp3) is 0.562. The second-order valence-corrected chi connectivity index (χ2v) is 6.67. The molecule has 2 rings (SSSR count). The molecule has 1 fully saturated rings. The Bertz CT molecular complexity index is 457. The zero-order chi connectivity index (χ0) is 13.9. The van der Waals surface area contributed by atoms with Gasteiger partial charge in [-0.3, -0.25) is 0 Å². The molecule has 19 heavy (non-hydrogen) atoms. The van der Waals surface area contributed by atoms with Crippen molar-refractivity contribution in [2.75, 3.05) is 12.8 Å². The molecule has 1 aliphatic carbocycles. The lowest BCUT2D eigenvalue weighted by Crippen LogP contribution is -2.46. The molecule has 0 amide bonds. The molecule has 0 aliphatic heterocycles. The van der Waals surface area contributed by atoms with Crippen LogP contribution in [0.1, 0.15) is 38.2 Å². The van der Waals surface area contributed by atoms with E-state index < -0.39 is 0 Å². The molecule has 1 aromatic rings. The van der Waals surface area contributed by atoms with E-state index in [-0.39, 0.29) is 5.54 Å². The molecule has 1 N–H and O–H groups in total. The Morgan fingerprint density at radius 2 is 2.00 bits per heavy atom. The average molecular weight is 274 g/mol. The number of thioether (sulfide) groups is 1. The van der Waals surface area contributed by atoms with Crippen molar-refractivity contribution in [2.24, 2.45) is 5.92 Å². The number of benzene rings is 1. The van der Waals surface area contributed by atoms with Crippen LogP contribution in [-0.2, 0) is 0 Å². The van der Waals surface area contributed by atoms with Gasteiger partial charge in [0.15, 0.2) is 0 Å². The van der Waals surface area contributed by atoms with Crippen molar-refractivity contribution < 1.29 is 0 Å². The largest absolute Gasteiger partial charge is 0.302 e. The summed E-state index contributed by atoms with van der Waals surface area (Å²) in [6.07, 6.45) is 2.36. The Morgan fingerprint density at radius 1 is 1.37 bits per heavy atom. The Hall–Kier alpha value is -0.980. The minimum atomic E-state index is -0.346. The standard InChI is InChI=1S/C16H22N2S/c1-12(2)13-4-8-15(9-5-13)19-11-16(10-17,18-3)14-6-7-14/h4-5,8-9,12,14,18H,6-7,11H2,1-3H3. The van der Waals surface area contributed by atoms with Crippen LogP contribution in [0, 0.1) is 17.2 Å².